The van der Waals surface area contributed by atoms with E-state index in [-0.39, 0.29) is 5.91 Å². The SMILES string of the molecule is Cc1ccc(-c2ccc(SCc3ccc(C(=O)N4CCc5ccccc5C4)cc3)nn2)cc1. The Morgan fingerprint density at radius 3 is 2.36 bits per heavy atom. The van der Waals surface area contributed by atoms with Crippen LogP contribution in [0.4, 0.5) is 0 Å². The Hall–Kier alpha value is -3.44. The van der Waals surface area contributed by atoms with Crippen LogP contribution in [0.1, 0.15) is 32.6 Å². The molecular weight excluding hydrogens is 426 g/mol. The maximum atomic E-state index is 13.0. The average molecular weight is 452 g/mol. The van der Waals surface area contributed by atoms with Crippen LogP contribution >= 0.6 is 11.8 Å². The number of aromatic nitrogens is 2. The van der Waals surface area contributed by atoms with Gasteiger partial charge in [0, 0.05) is 30.0 Å². The molecule has 0 unspecified atom stereocenters. The molecule has 1 amide bonds. The molecule has 3 aromatic carbocycles. The van der Waals surface area contributed by atoms with Crippen LogP contribution in [-0.2, 0) is 18.7 Å². The highest BCUT2D eigenvalue weighted by molar-refractivity contribution is 7.98. The summed E-state index contributed by atoms with van der Waals surface area (Å²) in [6.07, 6.45) is 0.917. The lowest BCUT2D eigenvalue weighted by atomic mass is 9.99. The lowest BCUT2D eigenvalue weighted by Crippen LogP contribution is -2.35. The number of amides is 1. The summed E-state index contributed by atoms with van der Waals surface area (Å²) in [4.78, 5) is 14.9. The van der Waals surface area contributed by atoms with Crippen molar-refractivity contribution in [3.05, 3.63) is 113 Å². The van der Waals surface area contributed by atoms with Crippen LogP contribution in [0.15, 0.2) is 90.0 Å². The predicted octanol–water partition coefficient (Wildman–Crippen LogP) is 5.94. The molecule has 0 fully saturated rings. The van der Waals surface area contributed by atoms with Gasteiger partial charge in [-0.15, -0.1) is 10.2 Å². The van der Waals surface area contributed by atoms with E-state index < -0.39 is 0 Å². The van der Waals surface area contributed by atoms with Gasteiger partial charge in [0.15, 0.2) is 0 Å². The highest BCUT2D eigenvalue weighted by atomic mass is 32.2. The zero-order valence-corrected chi connectivity index (χ0v) is 19.4. The zero-order chi connectivity index (χ0) is 22.6. The fraction of sp³-hybridized carbons (Fsp3) is 0.179. The number of rotatable bonds is 5. The summed E-state index contributed by atoms with van der Waals surface area (Å²) in [5.41, 5.74) is 7.68. The first kappa shape index (κ1) is 21.4. The number of carbonyl (C=O) groups is 1. The van der Waals surface area contributed by atoms with Crippen molar-refractivity contribution < 1.29 is 4.79 Å². The minimum atomic E-state index is 0.0984. The largest absolute Gasteiger partial charge is 0.334 e. The number of thioether (sulfide) groups is 1. The van der Waals surface area contributed by atoms with Crippen LogP contribution in [0.3, 0.4) is 0 Å². The molecule has 0 aliphatic carbocycles. The van der Waals surface area contributed by atoms with Crippen molar-refractivity contribution in [3.63, 3.8) is 0 Å². The number of nitrogens with zero attached hydrogens (tertiary/aromatic N) is 3. The molecule has 5 rings (SSSR count). The quantitative estimate of drug-likeness (QED) is 0.352. The molecule has 0 bridgehead atoms. The molecule has 33 heavy (non-hydrogen) atoms. The Balaban J connectivity index is 1.18. The summed E-state index contributed by atoms with van der Waals surface area (Å²) in [5, 5.41) is 9.63. The van der Waals surface area contributed by atoms with Crippen molar-refractivity contribution in [3.8, 4) is 11.3 Å². The van der Waals surface area contributed by atoms with Crippen LogP contribution in [0.5, 0.6) is 0 Å². The van der Waals surface area contributed by atoms with E-state index in [4.69, 9.17) is 0 Å². The van der Waals surface area contributed by atoms with E-state index in [1.54, 1.807) is 11.8 Å². The molecule has 0 saturated carbocycles. The van der Waals surface area contributed by atoms with Gasteiger partial charge in [-0.25, -0.2) is 0 Å². The maximum absolute atomic E-state index is 13.0. The standard InChI is InChI=1S/C28H25N3OS/c1-20-6-10-23(11-7-20)26-14-15-27(30-29-26)33-19-21-8-12-24(13-9-21)28(32)31-17-16-22-4-2-3-5-25(22)18-31/h2-15H,16-19H2,1H3. The van der Waals surface area contributed by atoms with Crippen molar-refractivity contribution >= 4 is 17.7 Å². The lowest BCUT2D eigenvalue weighted by molar-refractivity contribution is 0.0734. The summed E-state index contributed by atoms with van der Waals surface area (Å²) in [7, 11) is 0. The smallest absolute Gasteiger partial charge is 0.254 e. The predicted molar refractivity (Wildman–Crippen MR) is 133 cm³/mol. The van der Waals surface area contributed by atoms with Crippen LogP contribution < -0.4 is 0 Å². The molecule has 1 aromatic heterocycles. The molecule has 1 aliphatic heterocycles. The fourth-order valence-corrected chi connectivity index (χ4v) is 4.80. The van der Waals surface area contributed by atoms with Gasteiger partial charge in [0.25, 0.3) is 5.91 Å². The maximum Gasteiger partial charge on any atom is 0.254 e. The van der Waals surface area contributed by atoms with Gasteiger partial charge >= 0.3 is 0 Å². The number of benzene rings is 3. The Morgan fingerprint density at radius 2 is 1.64 bits per heavy atom. The van der Waals surface area contributed by atoms with E-state index in [0.717, 1.165) is 46.1 Å². The molecule has 1 aliphatic rings. The van der Waals surface area contributed by atoms with E-state index in [1.165, 1.54) is 16.7 Å². The highest BCUT2D eigenvalue weighted by Crippen LogP contribution is 2.24. The van der Waals surface area contributed by atoms with Crippen molar-refractivity contribution in [1.82, 2.24) is 15.1 Å². The number of fused-ring (bicyclic) bond motifs is 1. The Labute approximate surface area is 198 Å². The van der Waals surface area contributed by atoms with Crippen molar-refractivity contribution in [1.29, 1.82) is 0 Å². The van der Waals surface area contributed by atoms with Gasteiger partial charge in [-0.1, -0.05) is 78.0 Å². The third-order valence-electron chi connectivity index (χ3n) is 5.99. The van der Waals surface area contributed by atoms with E-state index in [1.807, 2.05) is 47.4 Å². The van der Waals surface area contributed by atoms with E-state index in [2.05, 4.69) is 59.6 Å². The second-order valence-electron chi connectivity index (χ2n) is 8.35. The molecule has 2 heterocycles. The first-order valence-electron chi connectivity index (χ1n) is 11.1. The molecule has 0 saturated heterocycles. The summed E-state index contributed by atoms with van der Waals surface area (Å²) in [6, 6.07) is 28.6. The molecule has 4 nitrogen and oxygen atoms in total. The topological polar surface area (TPSA) is 46.1 Å². The summed E-state index contributed by atoms with van der Waals surface area (Å²) < 4.78 is 0. The second-order valence-corrected chi connectivity index (χ2v) is 9.35. The van der Waals surface area contributed by atoms with Gasteiger partial charge < -0.3 is 4.90 Å². The van der Waals surface area contributed by atoms with Crippen LogP contribution in [-0.4, -0.2) is 27.5 Å². The number of hydrogen-bond donors (Lipinski definition) is 0. The third-order valence-corrected chi connectivity index (χ3v) is 6.98. The lowest BCUT2D eigenvalue weighted by Gasteiger charge is -2.29. The molecule has 164 valence electrons. The molecule has 0 atom stereocenters. The van der Waals surface area contributed by atoms with E-state index in [9.17, 15) is 4.79 Å². The minimum absolute atomic E-state index is 0.0984. The van der Waals surface area contributed by atoms with Gasteiger partial charge in [0.2, 0.25) is 0 Å². The molecular formula is C28H25N3OS. The third kappa shape index (κ3) is 4.99. The van der Waals surface area contributed by atoms with Gasteiger partial charge in [0.05, 0.1) is 5.69 Å². The van der Waals surface area contributed by atoms with Crippen molar-refractivity contribution in [2.45, 2.75) is 30.7 Å². The minimum Gasteiger partial charge on any atom is -0.334 e. The summed E-state index contributed by atoms with van der Waals surface area (Å²) in [5.74, 6) is 0.880. The monoisotopic (exact) mass is 451 g/mol. The first-order chi connectivity index (χ1) is 16.2. The highest BCUT2D eigenvalue weighted by Gasteiger charge is 2.21. The van der Waals surface area contributed by atoms with Gasteiger partial charge in [-0.05, 0) is 54.3 Å². The molecule has 5 heteroatoms. The Kier molecular flexibility index (Phi) is 6.22. The van der Waals surface area contributed by atoms with Gasteiger partial charge in [0.1, 0.15) is 5.03 Å². The Bertz CT molecular complexity index is 1250. The normalized spacial score (nSPS) is 12.9. The van der Waals surface area contributed by atoms with Crippen LogP contribution in [0.2, 0.25) is 0 Å². The Morgan fingerprint density at radius 1 is 0.879 bits per heavy atom. The number of hydrogen-bond acceptors (Lipinski definition) is 4. The van der Waals surface area contributed by atoms with Crippen LogP contribution in [0, 0.1) is 6.92 Å². The summed E-state index contributed by atoms with van der Waals surface area (Å²) in [6.45, 7) is 3.53. The van der Waals surface area contributed by atoms with Crippen LogP contribution in [0.25, 0.3) is 11.3 Å². The van der Waals surface area contributed by atoms with Gasteiger partial charge in [-0.3, -0.25) is 4.79 Å². The molecule has 4 aromatic rings. The van der Waals surface area contributed by atoms with E-state index in [0.29, 0.717) is 6.54 Å². The molecule has 0 N–H and O–H groups in total. The fourth-order valence-electron chi connectivity index (χ4n) is 4.03. The molecule has 0 spiro atoms. The van der Waals surface area contributed by atoms with Crippen molar-refractivity contribution in [2.24, 2.45) is 0 Å². The molecule has 0 radical (unpaired) electrons. The summed E-state index contributed by atoms with van der Waals surface area (Å²) >= 11 is 1.65. The second kappa shape index (κ2) is 9.59. The zero-order valence-electron chi connectivity index (χ0n) is 18.6. The van der Waals surface area contributed by atoms with E-state index >= 15 is 0 Å². The van der Waals surface area contributed by atoms with Gasteiger partial charge in [-0.2, -0.15) is 0 Å². The number of carbonyl (C=O) groups excluding carboxylic acids is 1. The average Bonchev–Trinajstić information content (AvgIpc) is 2.88. The van der Waals surface area contributed by atoms with Crippen molar-refractivity contribution in [2.75, 3.05) is 6.54 Å². The number of aryl methyl sites for hydroxylation is 1. The first-order valence-corrected chi connectivity index (χ1v) is 12.1.